The minimum absolute atomic E-state index is 0.0692. The summed E-state index contributed by atoms with van der Waals surface area (Å²) in [5.41, 5.74) is 3.42. The number of ether oxygens (including phenoxy) is 2. The predicted molar refractivity (Wildman–Crippen MR) is 83.0 cm³/mol. The SMILES string of the molecule is CC[Si](CC)(CC)C(=C=C(C)Br)[C@H]1COCC(=O)O1. The van der Waals surface area contributed by atoms with Crippen LogP contribution in [0.5, 0.6) is 0 Å². The molecule has 0 aromatic rings. The van der Waals surface area contributed by atoms with Gasteiger partial charge in [0.25, 0.3) is 0 Å². The Labute approximate surface area is 125 Å². The molecule has 0 bridgehead atoms. The van der Waals surface area contributed by atoms with Gasteiger partial charge in [-0.05, 0) is 22.9 Å². The Morgan fingerprint density at radius 2 is 1.95 bits per heavy atom. The van der Waals surface area contributed by atoms with Crippen LogP contribution < -0.4 is 0 Å². The summed E-state index contributed by atoms with van der Waals surface area (Å²) in [4.78, 5) is 11.5. The summed E-state index contributed by atoms with van der Waals surface area (Å²) in [5.74, 6) is -0.269. The Bertz CT molecular complexity index is 383. The largest absolute Gasteiger partial charge is 0.453 e. The van der Waals surface area contributed by atoms with E-state index in [1.807, 2.05) is 6.92 Å². The summed E-state index contributed by atoms with van der Waals surface area (Å²) < 4.78 is 11.8. The maximum Gasteiger partial charge on any atom is 0.332 e. The van der Waals surface area contributed by atoms with Crippen molar-refractivity contribution in [2.75, 3.05) is 13.2 Å². The molecule has 1 fully saturated rings. The lowest BCUT2D eigenvalue weighted by Crippen LogP contribution is -2.45. The lowest BCUT2D eigenvalue weighted by molar-refractivity contribution is -0.165. The van der Waals surface area contributed by atoms with Crippen molar-refractivity contribution in [1.29, 1.82) is 0 Å². The van der Waals surface area contributed by atoms with Crippen LogP contribution in [0.25, 0.3) is 0 Å². The molecule has 0 radical (unpaired) electrons. The van der Waals surface area contributed by atoms with E-state index in [4.69, 9.17) is 9.47 Å². The first kappa shape index (κ1) is 16.7. The normalized spacial score (nSPS) is 19.6. The fraction of sp³-hybridized carbons (Fsp3) is 0.714. The van der Waals surface area contributed by atoms with E-state index < -0.39 is 8.07 Å². The van der Waals surface area contributed by atoms with Gasteiger partial charge in [-0.2, -0.15) is 0 Å². The molecule has 1 heterocycles. The third-order valence-corrected chi connectivity index (χ3v) is 9.84. The minimum Gasteiger partial charge on any atom is -0.453 e. The summed E-state index contributed by atoms with van der Waals surface area (Å²) in [7, 11) is -1.63. The topological polar surface area (TPSA) is 35.5 Å². The zero-order chi connectivity index (χ0) is 14.5. The number of esters is 1. The molecule has 19 heavy (non-hydrogen) atoms. The molecule has 1 rings (SSSR count). The molecule has 0 N–H and O–H groups in total. The average Bonchev–Trinajstić information content (AvgIpc) is 2.39. The summed E-state index contributed by atoms with van der Waals surface area (Å²) in [6.45, 7) is 9.19. The van der Waals surface area contributed by atoms with Gasteiger partial charge in [0.15, 0.2) is 0 Å². The third-order valence-electron chi connectivity index (χ3n) is 3.99. The lowest BCUT2D eigenvalue weighted by atomic mass is 10.3. The number of carbonyl (C=O) groups is 1. The first-order chi connectivity index (χ1) is 8.99. The molecular weight excluding hydrogens is 324 g/mol. The Morgan fingerprint density at radius 1 is 1.37 bits per heavy atom. The van der Waals surface area contributed by atoms with E-state index in [1.165, 1.54) is 5.20 Å². The number of rotatable bonds is 5. The predicted octanol–water partition coefficient (Wildman–Crippen LogP) is 3.80. The molecule has 0 saturated carbocycles. The third kappa shape index (κ3) is 4.05. The van der Waals surface area contributed by atoms with E-state index in [0.29, 0.717) is 6.61 Å². The van der Waals surface area contributed by atoms with E-state index in [0.717, 1.165) is 22.6 Å². The fourth-order valence-corrected chi connectivity index (χ4v) is 7.00. The van der Waals surface area contributed by atoms with Crippen LogP contribution in [-0.2, 0) is 14.3 Å². The lowest BCUT2D eigenvalue weighted by Gasteiger charge is -2.35. The first-order valence-corrected chi connectivity index (χ1v) is 10.3. The summed E-state index contributed by atoms with van der Waals surface area (Å²) in [5, 5.41) is 1.18. The van der Waals surface area contributed by atoms with Gasteiger partial charge in [-0.1, -0.05) is 38.9 Å². The van der Waals surface area contributed by atoms with Crippen LogP contribution in [0.2, 0.25) is 18.1 Å². The summed E-state index contributed by atoms with van der Waals surface area (Å²) >= 11 is 3.46. The molecule has 108 valence electrons. The van der Waals surface area contributed by atoms with Crippen molar-refractivity contribution in [3.05, 3.63) is 15.4 Å². The maximum absolute atomic E-state index is 11.5. The molecule has 5 heteroatoms. The molecular formula is C14H23BrO3Si. The molecule has 0 aliphatic carbocycles. The quantitative estimate of drug-likeness (QED) is 0.431. The van der Waals surface area contributed by atoms with E-state index in [1.54, 1.807) is 0 Å². The smallest absolute Gasteiger partial charge is 0.332 e. The molecule has 0 amide bonds. The van der Waals surface area contributed by atoms with Crippen LogP contribution in [0.4, 0.5) is 0 Å². The Kier molecular flexibility index (Phi) is 6.53. The fourth-order valence-electron chi connectivity index (χ4n) is 2.68. The van der Waals surface area contributed by atoms with Crippen LogP contribution in [-0.4, -0.2) is 33.4 Å². The average molecular weight is 347 g/mol. The first-order valence-electron chi connectivity index (χ1n) is 6.89. The molecule has 1 atom stereocenters. The summed E-state index contributed by atoms with van der Waals surface area (Å²) in [6.07, 6.45) is -0.250. The highest BCUT2D eigenvalue weighted by Crippen LogP contribution is 2.32. The number of hydrogen-bond acceptors (Lipinski definition) is 3. The van der Waals surface area contributed by atoms with Crippen molar-refractivity contribution in [3.63, 3.8) is 0 Å². The van der Waals surface area contributed by atoms with Gasteiger partial charge in [0, 0.05) is 9.68 Å². The molecule has 0 unspecified atom stereocenters. The van der Waals surface area contributed by atoms with E-state index in [9.17, 15) is 4.79 Å². The number of halogens is 1. The van der Waals surface area contributed by atoms with Gasteiger partial charge in [0.1, 0.15) is 12.7 Å². The second kappa shape index (κ2) is 7.43. The Balaban J connectivity index is 3.22. The van der Waals surface area contributed by atoms with Gasteiger partial charge < -0.3 is 9.47 Å². The molecule has 0 aromatic heterocycles. The van der Waals surface area contributed by atoms with Gasteiger partial charge in [-0.25, -0.2) is 4.79 Å². The molecule has 1 aliphatic heterocycles. The van der Waals surface area contributed by atoms with Crippen LogP contribution in [0.3, 0.4) is 0 Å². The molecule has 0 aromatic carbocycles. The standard InChI is InChI=1S/C14H23BrO3Si/c1-5-19(6-2,7-3)13(8-11(4)15)12-9-17-10-14(16)18-12/h12H,5-7,9-10H2,1-4H3/t8?,12-/m1/s1. The Morgan fingerprint density at radius 3 is 2.37 bits per heavy atom. The second-order valence-corrected chi connectivity index (χ2v) is 11.3. The minimum atomic E-state index is -1.63. The van der Waals surface area contributed by atoms with Crippen molar-refractivity contribution in [1.82, 2.24) is 0 Å². The van der Waals surface area contributed by atoms with Crippen molar-refractivity contribution in [2.24, 2.45) is 0 Å². The number of hydrogen-bond donors (Lipinski definition) is 0. The van der Waals surface area contributed by atoms with Gasteiger partial charge >= 0.3 is 5.97 Å². The zero-order valence-corrected chi connectivity index (χ0v) is 14.8. The van der Waals surface area contributed by atoms with Crippen molar-refractivity contribution >= 4 is 30.0 Å². The molecule has 1 saturated heterocycles. The van der Waals surface area contributed by atoms with Crippen molar-refractivity contribution in [3.8, 4) is 0 Å². The van der Waals surface area contributed by atoms with Gasteiger partial charge in [-0.15, -0.1) is 5.73 Å². The monoisotopic (exact) mass is 346 g/mol. The number of carbonyl (C=O) groups excluding carboxylic acids is 1. The number of cyclic esters (lactones) is 1. The molecule has 1 aliphatic rings. The van der Waals surface area contributed by atoms with Gasteiger partial charge in [0.05, 0.1) is 14.7 Å². The van der Waals surface area contributed by atoms with Crippen molar-refractivity contribution in [2.45, 2.75) is 51.9 Å². The van der Waals surface area contributed by atoms with E-state index in [-0.39, 0.29) is 18.7 Å². The van der Waals surface area contributed by atoms with E-state index >= 15 is 0 Å². The van der Waals surface area contributed by atoms with Crippen LogP contribution >= 0.6 is 15.9 Å². The van der Waals surface area contributed by atoms with Crippen LogP contribution in [0, 0.1) is 0 Å². The Hall–Kier alpha value is -0.353. The zero-order valence-electron chi connectivity index (χ0n) is 12.2. The van der Waals surface area contributed by atoms with Crippen LogP contribution in [0.15, 0.2) is 15.4 Å². The van der Waals surface area contributed by atoms with Crippen molar-refractivity contribution < 1.29 is 14.3 Å². The highest BCUT2D eigenvalue weighted by molar-refractivity contribution is 9.11. The summed E-state index contributed by atoms with van der Waals surface area (Å²) in [6, 6.07) is 3.41. The highest BCUT2D eigenvalue weighted by atomic mass is 79.9. The highest BCUT2D eigenvalue weighted by Gasteiger charge is 2.39. The molecule has 0 spiro atoms. The van der Waals surface area contributed by atoms with Crippen LogP contribution in [0.1, 0.15) is 27.7 Å². The van der Waals surface area contributed by atoms with Gasteiger partial charge in [-0.3, -0.25) is 0 Å². The van der Waals surface area contributed by atoms with Gasteiger partial charge in [0.2, 0.25) is 0 Å². The molecule has 3 nitrogen and oxygen atoms in total. The maximum atomic E-state index is 11.5. The van der Waals surface area contributed by atoms with E-state index in [2.05, 4.69) is 42.4 Å². The second-order valence-electron chi connectivity index (χ2n) is 4.91.